The van der Waals surface area contributed by atoms with Gasteiger partial charge in [0.05, 0.1) is 19.8 Å². The molecule has 0 aliphatic rings. The number of methoxy groups -OCH3 is 2. The Morgan fingerprint density at radius 2 is 1.64 bits per heavy atom. The number of esters is 1. The number of hydrogen-bond donors (Lipinski definition) is 0. The Hall–Kier alpha value is -3.18. The van der Waals surface area contributed by atoms with Crippen molar-refractivity contribution in [2.45, 2.75) is 12.5 Å². The Kier molecular flexibility index (Phi) is 5.90. The molecule has 0 saturated heterocycles. The van der Waals surface area contributed by atoms with E-state index in [9.17, 15) is 31.1 Å². The first-order valence-electron chi connectivity index (χ1n) is 7.22. The second kappa shape index (κ2) is 7.82. The molecule has 0 amide bonds. The number of ether oxygens (including phenoxy) is 4. The third-order valence-corrected chi connectivity index (χ3v) is 3.15. The predicted octanol–water partition coefficient (Wildman–Crippen LogP) is 4.59. The number of aromatic nitrogens is 1. The Bertz CT molecular complexity index is 866. The summed E-state index contributed by atoms with van der Waals surface area (Å²) in [5, 5.41) is 0. The van der Waals surface area contributed by atoms with Crippen LogP contribution in [0.15, 0.2) is 30.5 Å². The van der Waals surface area contributed by atoms with E-state index >= 15 is 0 Å². The van der Waals surface area contributed by atoms with E-state index in [4.69, 9.17) is 9.47 Å². The van der Waals surface area contributed by atoms with Gasteiger partial charge in [-0.1, -0.05) is 0 Å². The van der Waals surface area contributed by atoms with Crippen LogP contribution in [-0.2, 0) is 10.9 Å². The van der Waals surface area contributed by atoms with Gasteiger partial charge in [-0.25, -0.2) is 9.78 Å². The largest absolute Gasteiger partial charge is 0.573 e. The molecule has 0 bridgehead atoms. The van der Waals surface area contributed by atoms with Gasteiger partial charge in [0.2, 0.25) is 0 Å². The van der Waals surface area contributed by atoms with Gasteiger partial charge in [-0.05, 0) is 18.2 Å². The smallest absolute Gasteiger partial charge is 0.493 e. The summed E-state index contributed by atoms with van der Waals surface area (Å²) in [5.74, 6) is -2.95. The van der Waals surface area contributed by atoms with E-state index in [0.717, 1.165) is 32.4 Å². The van der Waals surface area contributed by atoms with E-state index in [2.05, 4.69) is 14.5 Å². The van der Waals surface area contributed by atoms with E-state index in [1.54, 1.807) is 0 Å². The molecule has 6 nitrogen and oxygen atoms in total. The molecular formula is C16H11F6NO5. The fourth-order valence-electron chi connectivity index (χ4n) is 1.98. The van der Waals surface area contributed by atoms with Crippen molar-refractivity contribution in [1.29, 1.82) is 0 Å². The van der Waals surface area contributed by atoms with Gasteiger partial charge in [-0.3, -0.25) is 0 Å². The van der Waals surface area contributed by atoms with Crippen molar-refractivity contribution >= 4 is 5.97 Å². The molecule has 12 heteroatoms. The molecule has 0 radical (unpaired) electrons. The van der Waals surface area contributed by atoms with E-state index in [1.165, 1.54) is 0 Å². The molecule has 152 valence electrons. The lowest BCUT2D eigenvalue weighted by atomic mass is 10.2. The summed E-state index contributed by atoms with van der Waals surface area (Å²) < 4.78 is 93.9. The van der Waals surface area contributed by atoms with Crippen LogP contribution in [0.5, 0.6) is 23.0 Å². The molecule has 0 fully saturated rings. The number of rotatable bonds is 5. The van der Waals surface area contributed by atoms with Gasteiger partial charge in [-0.2, -0.15) is 13.2 Å². The molecule has 0 aliphatic heterocycles. The summed E-state index contributed by atoms with van der Waals surface area (Å²) in [6.45, 7) is 0. The molecule has 0 atom stereocenters. The molecule has 0 saturated carbocycles. The lowest BCUT2D eigenvalue weighted by Gasteiger charge is -2.15. The van der Waals surface area contributed by atoms with Crippen molar-refractivity contribution in [3.63, 3.8) is 0 Å². The second-order valence-corrected chi connectivity index (χ2v) is 5.02. The quantitative estimate of drug-likeness (QED) is 0.530. The van der Waals surface area contributed by atoms with Gasteiger partial charge >= 0.3 is 18.5 Å². The number of carbonyl (C=O) groups is 1. The molecule has 1 aromatic carbocycles. The Morgan fingerprint density at radius 1 is 0.964 bits per heavy atom. The number of carbonyl (C=O) groups excluding carboxylic acids is 1. The number of nitrogens with zero attached hydrogens (tertiary/aromatic N) is 1. The highest BCUT2D eigenvalue weighted by molar-refractivity contribution is 5.90. The lowest BCUT2D eigenvalue weighted by Crippen LogP contribution is -2.17. The average Bonchev–Trinajstić information content (AvgIpc) is 2.60. The summed E-state index contributed by atoms with van der Waals surface area (Å²) in [5.41, 5.74) is -1.79. The SMILES string of the molecule is COC(=O)c1ncc(C(F)(F)F)cc1Oc1ccc(OC(F)(F)F)cc1OC. The summed E-state index contributed by atoms with van der Waals surface area (Å²) in [7, 11) is 2.07. The molecule has 0 N–H and O–H groups in total. The van der Waals surface area contributed by atoms with Gasteiger partial charge in [-0.15, -0.1) is 13.2 Å². The highest BCUT2D eigenvalue weighted by Gasteiger charge is 2.34. The fourth-order valence-corrected chi connectivity index (χ4v) is 1.98. The first-order chi connectivity index (χ1) is 12.9. The maximum absolute atomic E-state index is 12.9. The molecule has 2 aromatic rings. The first kappa shape index (κ1) is 21.1. The van der Waals surface area contributed by atoms with Gasteiger partial charge in [0.15, 0.2) is 22.9 Å². The maximum atomic E-state index is 12.9. The average molecular weight is 411 g/mol. The number of hydrogen-bond acceptors (Lipinski definition) is 6. The van der Waals surface area contributed by atoms with Crippen molar-refractivity contribution < 1.29 is 50.1 Å². The predicted molar refractivity (Wildman–Crippen MR) is 80.3 cm³/mol. The van der Waals surface area contributed by atoms with Crippen LogP contribution in [0.25, 0.3) is 0 Å². The Morgan fingerprint density at radius 3 is 2.18 bits per heavy atom. The van der Waals surface area contributed by atoms with Crippen molar-refractivity contribution in [2.75, 3.05) is 14.2 Å². The standard InChI is InChI=1S/C16H11F6NO5/c1-25-11-6-9(28-16(20,21)22)3-4-10(11)27-12-5-8(15(17,18)19)7-23-13(12)14(24)26-2/h3-7H,1-2H3. The molecular weight excluding hydrogens is 400 g/mol. The molecule has 0 aliphatic carbocycles. The lowest BCUT2D eigenvalue weighted by molar-refractivity contribution is -0.274. The zero-order valence-corrected chi connectivity index (χ0v) is 14.1. The molecule has 0 unspecified atom stereocenters. The van der Waals surface area contributed by atoms with E-state index in [-0.39, 0.29) is 11.5 Å². The van der Waals surface area contributed by atoms with E-state index in [1.807, 2.05) is 0 Å². The molecule has 2 rings (SSSR count). The fraction of sp³-hybridized carbons (Fsp3) is 0.250. The number of pyridine rings is 1. The number of alkyl halides is 6. The van der Waals surface area contributed by atoms with Gasteiger partial charge in [0.1, 0.15) is 5.75 Å². The van der Waals surface area contributed by atoms with Crippen LogP contribution in [0.1, 0.15) is 16.1 Å². The van der Waals surface area contributed by atoms with Crippen molar-refractivity contribution in [1.82, 2.24) is 4.98 Å². The van der Waals surface area contributed by atoms with Crippen LogP contribution in [-0.4, -0.2) is 31.5 Å². The Balaban J connectivity index is 2.46. The van der Waals surface area contributed by atoms with Crippen LogP contribution < -0.4 is 14.2 Å². The van der Waals surface area contributed by atoms with Crippen molar-refractivity contribution in [3.05, 3.63) is 41.7 Å². The minimum absolute atomic E-state index is 0.289. The van der Waals surface area contributed by atoms with Crippen molar-refractivity contribution in [3.8, 4) is 23.0 Å². The first-order valence-corrected chi connectivity index (χ1v) is 7.22. The van der Waals surface area contributed by atoms with Gasteiger partial charge in [0.25, 0.3) is 0 Å². The van der Waals surface area contributed by atoms with Crippen LogP contribution >= 0.6 is 0 Å². The highest BCUT2D eigenvalue weighted by atomic mass is 19.4. The van der Waals surface area contributed by atoms with E-state index in [0.29, 0.717) is 12.3 Å². The highest BCUT2D eigenvalue weighted by Crippen LogP contribution is 2.39. The topological polar surface area (TPSA) is 66.9 Å². The maximum Gasteiger partial charge on any atom is 0.573 e. The zero-order valence-electron chi connectivity index (χ0n) is 14.1. The minimum Gasteiger partial charge on any atom is -0.493 e. The summed E-state index contributed by atoms with van der Waals surface area (Å²) >= 11 is 0. The van der Waals surface area contributed by atoms with Crippen LogP contribution in [0, 0.1) is 0 Å². The second-order valence-electron chi connectivity index (χ2n) is 5.02. The van der Waals surface area contributed by atoms with Crippen LogP contribution in [0.2, 0.25) is 0 Å². The zero-order chi connectivity index (χ0) is 21.1. The number of benzene rings is 1. The van der Waals surface area contributed by atoms with Crippen LogP contribution in [0.4, 0.5) is 26.3 Å². The summed E-state index contributed by atoms with van der Waals surface area (Å²) in [6.07, 6.45) is -9.33. The van der Waals surface area contributed by atoms with Gasteiger partial charge < -0.3 is 18.9 Å². The number of halogens is 6. The monoisotopic (exact) mass is 411 g/mol. The van der Waals surface area contributed by atoms with E-state index < -0.39 is 41.3 Å². The van der Waals surface area contributed by atoms with Gasteiger partial charge in [0, 0.05) is 12.3 Å². The molecule has 1 heterocycles. The third kappa shape index (κ3) is 5.18. The minimum atomic E-state index is -4.96. The van der Waals surface area contributed by atoms with Crippen LogP contribution in [0.3, 0.4) is 0 Å². The summed E-state index contributed by atoms with van der Waals surface area (Å²) in [6, 6.07) is 3.12. The molecule has 0 spiro atoms. The molecule has 1 aromatic heterocycles. The van der Waals surface area contributed by atoms with Crippen molar-refractivity contribution in [2.24, 2.45) is 0 Å². The summed E-state index contributed by atoms with van der Waals surface area (Å²) in [4.78, 5) is 15.1. The Labute approximate surface area is 153 Å². The molecule has 28 heavy (non-hydrogen) atoms. The third-order valence-electron chi connectivity index (χ3n) is 3.15. The normalized spacial score (nSPS) is 11.7.